The van der Waals surface area contributed by atoms with Crippen LogP contribution in [0.3, 0.4) is 0 Å². The summed E-state index contributed by atoms with van der Waals surface area (Å²) in [4.78, 5) is 22.0. The van der Waals surface area contributed by atoms with Crippen LogP contribution in [-0.2, 0) is 16.0 Å². The molecule has 1 rings (SSSR count). The predicted molar refractivity (Wildman–Crippen MR) is 61.8 cm³/mol. The highest BCUT2D eigenvalue weighted by Crippen LogP contribution is 2.26. The summed E-state index contributed by atoms with van der Waals surface area (Å²) < 4.78 is 30.4. The lowest BCUT2D eigenvalue weighted by Gasteiger charge is -2.10. The molecule has 0 atom stereocenters. The van der Waals surface area contributed by atoms with Gasteiger partial charge in [-0.2, -0.15) is 5.26 Å². The van der Waals surface area contributed by atoms with E-state index >= 15 is 0 Å². The van der Waals surface area contributed by atoms with E-state index in [2.05, 4.69) is 4.74 Å². The van der Waals surface area contributed by atoms with Gasteiger partial charge in [0.15, 0.2) is 6.29 Å². The topological polar surface area (TPSA) is 67.2 Å². The normalized spacial score (nSPS) is 10.1. The fourth-order valence-electron chi connectivity index (χ4n) is 1.60. The number of benzene rings is 1. The van der Waals surface area contributed by atoms with E-state index in [1.807, 2.05) is 0 Å². The number of ether oxygens (including phenoxy) is 1. The first-order chi connectivity index (χ1) is 9.03. The molecule has 0 spiro atoms. The van der Waals surface area contributed by atoms with Crippen molar-refractivity contribution in [1.29, 1.82) is 5.26 Å². The number of hydrogen-bond acceptors (Lipinski definition) is 4. The molecule has 1 aromatic rings. The van der Waals surface area contributed by atoms with E-state index in [4.69, 9.17) is 5.26 Å². The van der Waals surface area contributed by atoms with Crippen molar-refractivity contribution in [2.24, 2.45) is 0 Å². The van der Waals surface area contributed by atoms with Gasteiger partial charge >= 0.3 is 5.97 Å². The highest BCUT2D eigenvalue weighted by atomic mass is 19.3. The monoisotopic (exact) mass is 267 g/mol. The molecule has 0 aliphatic rings. The van der Waals surface area contributed by atoms with Crippen LogP contribution in [-0.4, -0.2) is 18.9 Å². The Kier molecular flexibility index (Phi) is 5.12. The molecule has 0 aliphatic heterocycles. The molecule has 0 saturated carbocycles. The first-order valence-electron chi connectivity index (χ1n) is 5.49. The summed E-state index contributed by atoms with van der Waals surface area (Å²) in [6.45, 7) is 1.74. The van der Waals surface area contributed by atoms with Gasteiger partial charge < -0.3 is 4.74 Å². The molecule has 0 N–H and O–H groups in total. The third kappa shape index (κ3) is 3.58. The minimum Gasteiger partial charge on any atom is -0.466 e. The largest absolute Gasteiger partial charge is 0.466 e. The number of nitriles is 1. The van der Waals surface area contributed by atoms with Gasteiger partial charge in [-0.1, -0.05) is 0 Å². The number of rotatable bonds is 5. The number of carbonyl (C=O) groups excluding carboxylic acids is 2. The number of halogens is 2. The van der Waals surface area contributed by atoms with Crippen LogP contribution in [0.15, 0.2) is 12.1 Å². The first kappa shape index (κ1) is 14.8. The van der Waals surface area contributed by atoms with E-state index in [1.165, 1.54) is 0 Å². The maximum Gasteiger partial charge on any atom is 0.310 e. The molecular formula is C13H11F2NO3. The van der Waals surface area contributed by atoms with Gasteiger partial charge in [-0.15, -0.1) is 0 Å². The molecule has 0 fully saturated rings. The molecule has 0 aliphatic carbocycles. The van der Waals surface area contributed by atoms with Crippen LogP contribution in [0.5, 0.6) is 0 Å². The number of hydrogen-bond donors (Lipinski definition) is 0. The Hall–Kier alpha value is -2.29. The van der Waals surface area contributed by atoms with E-state index in [0.717, 1.165) is 12.1 Å². The number of carbonyl (C=O) groups is 2. The van der Waals surface area contributed by atoms with Crippen molar-refractivity contribution in [3.05, 3.63) is 34.4 Å². The molecule has 0 saturated heterocycles. The van der Waals surface area contributed by atoms with Crippen LogP contribution in [0.2, 0.25) is 0 Å². The molecule has 0 aromatic heterocycles. The third-order valence-corrected chi connectivity index (χ3v) is 2.43. The Morgan fingerprint density at radius 3 is 2.68 bits per heavy atom. The molecule has 19 heavy (non-hydrogen) atoms. The predicted octanol–water partition coefficient (Wildman–Crippen LogP) is 2.41. The number of esters is 1. The molecule has 100 valence electrons. The molecule has 0 radical (unpaired) electrons. The Morgan fingerprint density at radius 2 is 2.21 bits per heavy atom. The summed E-state index contributed by atoms with van der Waals surface area (Å²) in [6.07, 6.45) is -2.87. The fraction of sp³-hybridized carbons (Fsp3) is 0.308. The Balaban J connectivity index is 3.24. The van der Waals surface area contributed by atoms with Crippen LogP contribution < -0.4 is 0 Å². The quantitative estimate of drug-likeness (QED) is 0.607. The minimum absolute atomic E-state index is 0.00407. The Bertz CT molecular complexity index is 535. The maximum absolute atomic E-state index is 12.9. The molecule has 0 amide bonds. The third-order valence-electron chi connectivity index (χ3n) is 2.43. The van der Waals surface area contributed by atoms with Gasteiger partial charge in [0.25, 0.3) is 6.43 Å². The first-order valence-corrected chi connectivity index (χ1v) is 5.49. The molecular weight excluding hydrogens is 256 g/mol. The van der Waals surface area contributed by atoms with Gasteiger partial charge in [0.1, 0.15) is 0 Å². The van der Waals surface area contributed by atoms with E-state index in [1.54, 1.807) is 13.0 Å². The van der Waals surface area contributed by atoms with Crippen molar-refractivity contribution in [2.75, 3.05) is 6.61 Å². The minimum atomic E-state index is -2.84. The summed E-state index contributed by atoms with van der Waals surface area (Å²) in [5.74, 6) is -0.660. The average Bonchev–Trinajstić information content (AvgIpc) is 2.38. The number of nitrogens with zero attached hydrogens (tertiary/aromatic N) is 1. The van der Waals surface area contributed by atoms with Gasteiger partial charge in [0, 0.05) is 11.1 Å². The summed E-state index contributed by atoms with van der Waals surface area (Å²) in [7, 11) is 0. The number of aldehydes is 1. The van der Waals surface area contributed by atoms with Crippen molar-refractivity contribution in [3.8, 4) is 6.07 Å². The Labute approximate surface area is 108 Å². The van der Waals surface area contributed by atoms with Gasteiger partial charge in [-0.05, 0) is 24.6 Å². The average molecular weight is 267 g/mol. The van der Waals surface area contributed by atoms with E-state index in [9.17, 15) is 18.4 Å². The molecule has 4 nitrogen and oxygen atoms in total. The molecule has 6 heteroatoms. The maximum atomic E-state index is 12.9. The van der Waals surface area contributed by atoms with Crippen molar-refractivity contribution in [1.82, 2.24) is 0 Å². The van der Waals surface area contributed by atoms with Gasteiger partial charge in [0.05, 0.1) is 24.7 Å². The van der Waals surface area contributed by atoms with Crippen molar-refractivity contribution >= 4 is 12.3 Å². The SMILES string of the molecule is CCOC(=O)Cc1cc(C#N)c(C=O)cc1C(F)F. The second kappa shape index (κ2) is 6.59. The summed E-state index contributed by atoms with van der Waals surface area (Å²) in [5, 5.41) is 8.83. The van der Waals surface area contributed by atoms with Crippen LogP contribution in [0.1, 0.15) is 40.4 Å². The lowest BCUT2D eigenvalue weighted by molar-refractivity contribution is -0.142. The van der Waals surface area contributed by atoms with E-state index in [-0.39, 0.29) is 29.7 Å². The van der Waals surface area contributed by atoms with Crippen LogP contribution >= 0.6 is 0 Å². The van der Waals surface area contributed by atoms with E-state index < -0.39 is 18.0 Å². The summed E-state index contributed by atoms with van der Waals surface area (Å²) in [6, 6.07) is 3.79. The van der Waals surface area contributed by atoms with Crippen LogP contribution in [0.4, 0.5) is 8.78 Å². The molecule has 1 aromatic carbocycles. The smallest absolute Gasteiger partial charge is 0.310 e. The number of alkyl halides is 2. The zero-order valence-corrected chi connectivity index (χ0v) is 10.2. The molecule has 0 bridgehead atoms. The van der Waals surface area contributed by atoms with Crippen LogP contribution in [0, 0.1) is 11.3 Å². The lowest BCUT2D eigenvalue weighted by Crippen LogP contribution is -2.10. The second-order valence-corrected chi connectivity index (χ2v) is 3.65. The zero-order chi connectivity index (χ0) is 14.4. The van der Waals surface area contributed by atoms with Crippen LogP contribution in [0.25, 0.3) is 0 Å². The van der Waals surface area contributed by atoms with Crippen molar-refractivity contribution < 1.29 is 23.1 Å². The van der Waals surface area contributed by atoms with Gasteiger partial charge in [-0.25, -0.2) is 8.78 Å². The van der Waals surface area contributed by atoms with Crippen molar-refractivity contribution in [3.63, 3.8) is 0 Å². The highest BCUT2D eigenvalue weighted by Gasteiger charge is 2.19. The summed E-state index contributed by atoms with van der Waals surface area (Å²) in [5.41, 5.74) is -0.603. The highest BCUT2D eigenvalue weighted by molar-refractivity contribution is 5.81. The van der Waals surface area contributed by atoms with E-state index in [0.29, 0.717) is 6.29 Å². The zero-order valence-electron chi connectivity index (χ0n) is 10.2. The fourth-order valence-corrected chi connectivity index (χ4v) is 1.60. The Morgan fingerprint density at radius 1 is 1.53 bits per heavy atom. The van der Waals surface area contributed by atoms with Gasteiger partial charge in [0.2, 0.25) is 0 Å². The standard InChI is InChI=1S/C13H11F2NO3/c1-2-19-12(18)5-8-3-9(6-16)10(7-17)4-11(8)13(14)15/h3-4,7,13H,2,5H2,1H3. The van der Waals surface area contributed by atoms with Gasteiger partial charge in [-0.3, -0.25) is 9.59 Å². The summed E-state index contributed by atoms with van der Waals surface area (Å²) >= 11 is 0. The molecule has 0 unspecified atom stereocenters. The lowest BCUT2D eigenvalue weighted by atomic mass is 9.97. The second-order valence-electron chi connectivity index (χ2n) is 3.65. The molecule has 0 heterocycles. The van der Waals surface area contributed by atoms with Crippen molar-refractivity contribution in [2.45, 2.75) is 19.8 Å².